The van der Waals surface area contributed by atoms with Crippen molar-refractivity contribution in [2.75, 3.05) is 0 Å². The fourth-order valence-electron chi connectivity index (χ4n) is 7.13. The summed E-state index contributed by atoms with van der Waals surface area (Å²) in [7, 11) is 0. The Bertz CT molecular complexity index is 3740. The lowest BCUT2D eigenvalue weighted by Gasteiger charge is -2.10. The summed E-state index contributed by atoms with van der Waals surface area (Å²) >= 11 is 0. The zero-order chi connectivity index (χ0) is 43.4. The van der Waals surface area contributed by atoms with Crippen LogP contribution in [0.5, 0.6) is 0 Å². The normalized spacial score (nSPS) is 14.0. The largest absolute Gasteiger partial charge is 0.456 e. The van der Waals surface area contributed by atoms with Crippen LogP contribution in [0, 0.1) is 0 Å². The molecule has 0 spiro atoms. The Balaban J connectivity index is 1.20. The molecule has 54 heavy (non-hydrogen) atoms. The molecule has 11 aromatic rings. The van der Waals surface area contributed by atoms with Gasteiger partial charge in [-0.05, 0) is 64.0 Å². The Hall–Kier alpha value is -7.37. The van der Waals surface area contributed by atoms with Gasteiger partial charge in [0.05, 0.1) is 17.9 Å². The number of rotatable bonds is 5. The third-order valence-electron chi connectivity index (χ3n) is 9.66. The van der Waals surface area contributed by atoms with E-state index in [1.807, 2.05) is 103 Å². The van der Waals surface area contributed by atoms with Crippen LogP contribution in [0.25, 0.3) is 111 Å². The minimum atomic E-state index is -0.571. The number of para-hydroxylation sites is 1. The monoisotopic (exact) mass is 700 g/mol. The van der Waals surface area contributed by atoms with Crippen molar-refractivity contribution in [2.45, 2.75) is 0 Å². The number of nitrogens with zero attached hydrogens (tertiary/aromatic N) is 3. The zero-order valence-corrected chi connectivity index (χ0v) is 28.2. The highest BCUT2D eigenvalue weighted by molar-refractivity contribution is 6.17. The summed E-state index contributed by atoms with van der Waals surface area (Å²) < 4.78 is 92.3. The summed E-state index contributed by atoms with van der Waals surface area (Å²) in [6.07, 6.45) is 0. The quantitative estimate of drug-likeness (QED) is 0.179. The van der Waals surface area contributed by atoms with Crippen LogP contribution < -0.4 is 0 Å². The van der Waals surface area contributed by atoms with Gasteiger partial charge in [0.2, 0.25) is 0 Å². The molecular weight excluding hydrogens is 663 g/mol. The molecule has 0 saturated carbocycles. The number of hydrogen-bond acceptors (Lipinski definition) is 5. The van der Waals surface area contributed by atoms with Crippen molar-refractivity contribution in [3.8, 4) is 56.4 Å². The van der Waals surface area contributed by atoms with E-state index in [0.29, 0.717) is 22.3 Å². The molecule has 3 aromatic heterocycles. The van der Waals surface area contributed by atoms with Gasteiger partial charge in [-0.25, -0.2) is 15.0 Å². The van der Waals surface area contributed by atoms with Gasteiger partial charge in [-0.1, -0.05) is 139 Å². The van der Waals surface area contributed by atoms with Crippen LogP contribution in [0.2, 0.25) is 0 Å². The molecule has 0 radical (unpaired) electrons. The van der Waals surface area contributed by atoms with Crippen molar-refractivity contribution >= 4 is 54.6 Å². The Morgan fingerprint density at radius 1 is 0.389 bits per heavy atom. The lowest BCUT2D eigenvalue weighted by molar-refractivity contribution is 0.669. The lowest BCUT2D eigenvalue weighted by Crippen LogP contribution is -2.00. The highest BCUT2D eigenvalue weighted by Crippen LogP contribution is 2.40. The van der Waals surface area contributed by atoms with Crippen LogP contribution in [0.1, 0.15) is 12.3 Å². The number of benzene rings is 8. The second-order valence-corrected chi connectivity index (χ2v) is 12.9. The summed E-state index contributed by atoms with van der Waals surface area (Å²) in [5.74, 6) is 0.343. The third-order valence-corrected chi connectivity index (χ3v) is 9.66. The summed E-state index contributed by atoms with van der Waals surface area (Å²) in [6, 6.07) is 34.6. The first-order valence-electron chi connectivity index (χ1n) is 21.8. The lowest BCUT2D eigenvalue weighted by atomic mass is 9.99. The fourth-order valence-corrected chi connectivity index (χ4v) is 7.13. The van der Waals surface area contributed by atoms with Crippen molar-refractivity contribution in [1.82, 2.24) is 15.0 Å². The van der Waals surface area contributed by atoms with Gasteiger partial charge in [0.1, 0.15) is 22.3 Å². The van der Waals surface area contributed by atoms with E-state index in [-0.39, 0.29) is 55.7 Å². The van der Waals surface area contributed by atoms with Crippen molar-refractivity contribution in [3.63, 3.8) is 0 Å². The summed E-state index contributed by atoms with van der Waals surface area (Å²) in [4.78, 5) is 14.8. The molecule has 0 saturated heterocycles. The van der Waals surface area contributed by atoms with Gasteiger partial charge in [0.25, 0.3) is 0 Å². The number of furan rings is 2. The topological polar surface area (TPSA) is 65.0 Å². The van der Waals surface area contributed by atoms with Gasteiger partial charge in [-0.2, -0.15) is 0 Å². The molecule has 0 amide bonds. The molecule has 0 aliphatic rings. The number of hydrogen-bond donors (Lipinski definition) is 0. The van der Waals surface area contributed by atoms with Crippen molar-refractivity contribution < 1.29 is 21.2 Å². The van der Waals surface area contributed by atoms with Crippen LogP contribution in [0.3, 0.4) is 0 Å². The smallest absolute Gasteiger partial charge is 0.167 e. The third kappa shape index (κ3) is 4.90. The molecule has 5 nitrogen and oxygen atoms in total. The highest BCUT2D eigenvalue weighted by atomic mass is 16.3. The average Bonchev–Trinajstić information content (AvgIpc) is 3.90. The first kappa shape index (κ1) is 22.5. The zero-order valence-electron chi connectivity index (χ0n) is 37.2. The van der Waals surface area contributed by atoms with E-state index in [0.717, 1.165) is 33.0 Å². The molecule has 252 valence electrons. The molecule has 0 unspecified atom stereocenters. The molecule has 0 aliphatic heterocycles. The van der Waals surface area contributed by atoms with Gasteiger partial charge in [-0.15, -0.1) is 0 Å². The molecule has 8 aromatic carbocycles. The van der Waals surface area contributed by atoms with Gasteiger partial charge < -0.3 is 8.83 Å². The Kier molecular flexibility index (Phi) is 5.06. The van der Waals surface area contributed by atoms with E-state index >= 15 is 0 Å². The maximum Gasteiger partial charge on any atom is 0.167 e. The van der Waals surface area contributed by atoms with Gasteiger partial charge in [-0.3, -0.25) is 0 Å². The van der Waals surface area contributed by atoms with E-state index in [1.165, 1.54) is 0 Å². The van der Waals surface area contributed by atoms with Crippen LogP contribution in [-0.2, 0) is 0 Å². The second kappa shape index (κ2) is 12.1. The maximum absolute atomic E-state index is 9.30. The molecular formula is C49H29N3O2. The van der Waals surface area contributed by atoms with Crippen molar-refractivity contribution in [3.05, 3.63) is 176 Å². The molecule has 11 rings (SSSR count). The molecule has 5 heteroatoms. The predicted octanol–water partition coefficient (Wildman–Crippen LogP) is 13.2. The Morgan fingerprint density at radius 3 is 1.93 bits per heavy atom. The number of aromatic nitrogens is 3. The minimum absolute atomic E-state index is 0.0810. The second-order valence-electron chi connectivity index (χ2n) is 12.9. The van der Waals surface area contributed by atoms with Crippen LogP contribution >= 0.6 is 0 Å². The van der Waals surface area contributed by atoms with Crippen LogP contribution in [0.4, 0.5) is 0 Å². The Labute approximate surface area is 322 Å². The van der Waals surface area contributed by atoms with E-state index in [2.05, 4.69) is 18.2 Å². The Morgan fingerprint density at radius 2 is 1.07 bits per heavy atom. The SMILES string of the molecule is [2H]c1c([2H])c([2H])c2c(oc3c4c([2H])c([2H])c([2H])c([2H])c4c([2H])c([2H])c32)c1-c1nc(-c2cccc(-c3ccccc3)c2)nc(-c2ccc3c(c2)oc2cccc(-c4ccccc4)c23)n1. The molecule has 0 atom stereocenters. The summed E-state index contributed by atoms with van der Waals surface area (Å²) in [6.45, 7) is 0. The van der Waals surface area contributed by atoms with E-state index < -0.39 is 54.4 Å². The summed E-state index contributed by atoms with van der Waals surface area (Å²) in [5.41, 5.74) is 5.95. The maximum atomic E-state index is 9.30. The van der Waals surface area contributed by atoms with Crippen molar-refractivity contribution in [2.24, 2.45) is 0 Å². The van der Waals surface area contributed by atoms with Gasteiger partial charge >= 0.3 is 0 Å². The molecule has 0 N–H and O–H groups in total. The highest BCUT2D eigenvalue weighted by Gasteiger charge is 2.20. The fraction of sp³-hybridized carbons (Fsp3) is 0. The standard InChI is InChI=1S/C49H29N3O2/c1-3-12-30(13-4-1)33-17-9-18-34(28-33)47-50-48(35-25-27-40-43(29-35)53-42-23-11-20-36(44(40)42)31-14-5-2-6-15-31)52-49(51-47)41-22-10-21-38-39-26-24-32-16-7-8-19-37(32)45(39)54-46(38)41/h1-29H/i7D,8D,10D,16D,19D,21D,22D,24D,26D. The van der Waals surface area contributed by atoms with Gasteiger partial charge in [0.15, 0.2) is 17.5 Å². The number of fused-ring (bicyclic) bond motifs is 8. The molecule has 0 fully saturated rings. The van der Waals surface area contributed by atoms with E-state index in [9.17, 15) is 1.37 Å². The molecule has 0 bridgehead atoms. The predicted molar refractivity (Wildman–Crippen MR) is 219 cm³/mol. The molecule has 0 aliphatic carbocycles. The minimum Gasteiger partial charge on any atom is -0.456 e. The first-order chi connectivity index (χ1) is 30.5. The van der Waals surface area contributed by atoms with Crippen LogP contribution in [0.15, 0.2) is 185 Å². The van der Waals surface area contributed by atoms with E-state index in [1.54, 1.807) is 0 Å². The van der Waals surface area contributed by atoms with Gasteiger partial charge in [0, 0.05) is 38.1 Å². The summed E-state index contributed by atoms with van der Waals surface area (Å²) in [5, 5.41) is 1.28. The van der Waals surface area contributed by atoms with E-state index in [4.69, 9.17) is 34.8 Å². The van der Waals surface area contributed by atoms with Crippen molar-refractivity contribution in [1.29, 1.82) is 0 Å². The molecule has 3 heterocycles. The van der Waals surface area contributed by atoms with Crippen LogP contribution in [-0.4, -0.2) is 15.0 Å². The first-order valence-corrected chi connectivity index (χ1v) is 17.3. The average molecular weight is 701 g/mol.